The molecule has 0 atom stereocenters. The minimum absolute atomic E-state index is 0.506. The van der Waals surface area contributed by atoms with Crippen molar-refractivity contribution in [1.29, 1.82) is 0 Å². The van der Waals surface area contributed by atoms with Gasteiger partial charge in [0.1, 0.15) is 5.82 Å². The first-order valence-corrected chi connectivity index (χ1v) is 7.47. The first-order chi connectivity index (χ1) is 10.2. The van der Waals surface area contributed by atoms with E-state index in [2.05, 4.69) is 10.3 Å². The van der Waals surface area contributed by atoms with Crippen molar-refractivity contribution in [2.24, 2.45) is 5.92 Å². The minimum atomic E-state index is 0.506. The maximum absolute atomic E-state index is 6.13. The average Bonchev–Trinajstić information content (AvgIpc) is 3.31. The van der Waals surface area contributed by atoms with Crippen LogP contribution < -0.4 is 15.8 Å². The van der Waals surface area contributed by atoms with Gasteiger partial charge < -0.3 is 15.8 Å². The zero-order valence-electron chi connectivity index (χ0n) is 11.7. The van der Waals surface area contributed by atoms with Crippen LogP contribution in [-0.2, 0) is 6.54 Å². The number of ether oxygens (including phenoxy) is 1. The number of pyridine rings is 1. The average molecular weight is 304 g/mol. The van der Waals surface area contributed by atoms with Gasteiger partial charge in [-0.2, -0.15) is 4.98 Å². The van der Waals surface area contributed by atoms with Gasteiger partial charge in [0.25, 0.3) is 0 Å². The van der Waals surface area contributed by atoms with Crippen molar-refractivity contribution in [2.45, 2.75) is 19.4 Å². The van der Waals surface area contributed by atoms with E-state index in [1.54, 1.807) is 0 Å². The maximum Gasteiger partial charge on any atom is 0.239 e. The Kier molecular flexibility index (Phi) is 4.15. The highest BCUT2D eigenvalue weighted by Crippen LogP contribution is 2.30. The second-order valence-corrected chi connectivity index (χ2v) is 5.70. The van der Waals surface area contributed by atoms with Crippen LogP contribution in [0, 0.1) is 5.92 Å². The highest BCUT2D eigenvalue weighted by atomic mass is 35.5. The van der Waals surface area contributed by atoms with Crippen LogP contribution in [0.5, 0.6) is 5.88 Å². The normalized spacial score (nSPS) is 14.0. The molecule has 0 spiro atoms. The molecular weight excluding hydrogens is 286 g/mol. The number of nitrogens with two attached hydrogens (primary N) is 1. The van der Waals surface area contributed by atoms with Crippen molar-refractivity contribution < 1.29 is 4.74 Å². The Labute approximate surface area is 129 Å². The van der Waals surface area contributed by atoms with Gasteiger partial charge in [0.2, 0.25) is 5.88 Å². The van der Waals surface area contributed by atoms with E-state index in [1.807, 2.05) is 36.4 Å². The molecule has 1 heterocycles. The Hall–Kier alpha value is -1.94. The van der Waals surface area contributed by atoms with Crippen molar-refractivity contribution in [2.75, 3.05) is 17.7 Å². The monoisotopic (exact) mass is 303 g/mol. The number of nitrogens with one attached hydrogen (secondary N) is 1. The van der Waals surface area contributed by atoms with Crippen LogP contribution in [0.4, 0.5) is 11.5 Å². The summed E-state index contributed by atoms with van der Waals surface area (Å²) in [6, 6.07) is 11.4. The number of rotatable bonds is 6. The second kappa shape index (κ2) is 6.22. The van der Waals surface area contributed by atoms with E-state index in [0.29, 0.717) is 30.6 Å². The van der Waals surface area contributed by atoms with Gasteiger partial charge in [-0.05, 0) is 42.5 Å². The predicted molar refractivity (Wildman–Crippen MR) is 85.6 cm³/mol. The molecule has 21 heavy (non-hydrogen) atoms. The third-order valence-corrected chi connectivity index (χ3v) is 3.83. The molecule has 1 aromatic carbocycles. The summed E-state index contributed by atoms with van der Waals surface area (Å²) in [4.78, 5) is 4.42. The van der Waals surface area contributed by atoms with E-state index in [4.69, 9.17) is 22.1 Å². The van der Waals surface area contributed by atoms with E-state index >= 15 is 0 Å². The molecule has 0 aliphatic heterocycles. The van der Waals surface area contributed by atoms with Crippen LogP contribution in [0.3, 0.4) is 0 Å². The van der Waals surface area contributed by atoms with Gasteiger partial charge in [0, 0.05) is 11.6 Å². The molecule has 4 nitrogen and oxygen atoms in total. The predicted octanol–water partition coefficient (Wildman–Crippen LogP) is 3.72. The Balaban J connectivity index is 1.64. The van der Waals surface area contributed by atoms with Crippen LogP contribution in [0.25, 0.3) is 0 Å². The molecule has 0 saturated heterocycles. The highest BCUT2D eigenvalue weighted by Gasteiger charge is 2.22. The van der Waals surface area contributed by atoms with Crippen molar-refractivity contribution in [1.82, 2.24) is 4.98 Å². The molecular formula is C16H18ClN3O. The Morgan fingerprint density at radius 3 is 2.81 bits per heavy atom. The number of hydrogen-bond donors (Lipinski definition) is 2. The van der Waals surface area contributed by atoms with Crippen LogP contribution in [-0.4, -0.2) is 11.6 Å². The summed E-state index contributed by atoms with van der Waals surface area (Å²) in [5.41, 5.74) is 7.49. The molecule has 1 fully saturated rings. The molecule has 0 unspecified atom stereocenters. The Bertz CT molecular complexity index is 629. The van der Waals surface area contributed by atoms with E-state index < -0.39 is 0 Å². The third-order valence-electron chi connectivity index (χ3n) is 3.46. The number of nitrogens with zero attached hydrogens (tertiary/aromatic N) is 1. The summed E-state index contributed by atoms with van der Waals surface area (Å²) in [5.74, 6) is 1.91. The van der Waals surface area contributed by atoms with Crippen molar-refractivity contribution in [3.8, 4) is 5.88 Å². The lowest BCUT2D eigenvalue weighted by Crippen LogP contribution is -2.07. The van der Waals surface area contributed by atoms with E-state index in [9.17, 15) is 0 Å². The van der Waals surface area contributed by atoms with Gasteiger partial charge in [-0.25, -0.2) is 0 Å². The Morgan fingerprint density at radius 2 is 2.05 bits per heavy atom. The maximum atomic E-state index is 6.13. The zero-order valence-corrected chi connectivity index (χ0v) is 12.4. The van der Waals surface area contributed by atoms with E-state index in [1.165, 1.54) is 12.8 Å². The van der Waals surface area contributed by atoms with Gasteiger partial charge >= 0.3 is 0 Å². The summed E-state index contributed by atoms with van der Waals surface area (Å²) in [5, 5.41) is 3.98. The Morgan fingerprint density at radius 1 is 1.24 bits per heavy atom. The molecule has 3 N–H and O–H groups in total. The topological polar surface area (TPSA) is 60.2 Å². The first kappa shape index (κ1) is 14.0. The first-order valence-electron chi connectivity index (χ1n) is 7.09. The van der Waals surface area contributed by atoms with Crippen LogP contribution in [0.15, 0.2) is 36.4 Å². The lowest BCUT2D eigenvalue weighted by atomic mass is 10.2. The van der Waals surface area contributed by atoms with Gasteiger partial charge in [0.15, 0.2) is 0 Å². The number of anilines is 2. The molecule has 0 amide bonds. The molecule has 1 aromatic heterocycles. The number of halogens is 1. The van der Waals surface area contributed by atoms with Crippen molar-refractivity contribution in [3.05, 3.63) is 47.0 Å². The highest BCUT2D eigenvalue weighted by molar-refractivity contribution is 6.31. The molecule has 0 radical (unpaired) electrons. The fraction of sp³-hybridized carbons (Fsp3) is 0.312. The quantitative estimate of drug-likeness (QED) is 0.854. The minimum Gasteiger partial charge on any atom is -0.476 e. The smallest absolute Gasteiger partial charge is 0.239 e. The summed E-state index contributed by atoms with van der Waals surface area (Å²) in [6.45, 7) is 1.31. The fourth-order valence-electron chi connectivity index (χ4n) is 1.97. The standard InChI is InChI=1S/C16H18ClN3O/c17-13-4-2-1-3-12(13)9-19-15-8-7-14(18)16(20-15)21-10-11-5-6-11/h1-4,7-8,11H,5-6,9-10,18H2,(H,19,20). The molecule has 110 valence electrons. The summed E-state index contributed by atoms with van der Waals surface area (Å²) in [6.07, 6.45) is 2.48. The largest absolute Gasteiger partial charge is 0.476 e. The van der Waals surface area contributed by atoms with Crippen LogP contribution >= 0.6 is 11.6 Å². The van der Waals surface area contributed by atoms with Crippen molar-refractivity contribution in [3.63, 3.8) is 0 Å². The summed E-state index contributed by atoms with van der Waals surface area (Å²) in [7, 11) is 0. The van der Waals surface area contributed by atoms with Gasteiger partial charge in [0.05, 0.1) is 12.3 Å². The summed E-state index contributed by atoms with van der Waals surface area (Å²) < 4.78 is 5.67. The number of hydrogen-bond acceptors (Lipinski definition) is 4. The zero-order chi connectivity index (χ0) is 14.7. The number of nitrogen functional groups attached to an aromatic ring is 1. The van der Waals surface area contributed by atoms with Gasteiger partial charge in [-0.3, -0.25) is 0 Å². The number of benzene rings is 1. The molecule has 1 aliphatic rings. The van der Waals surface area contributed by atoms with Gasteiger partial charge in [-0.1, -0.05) is 29.8 Å². The molecule has 3 rings (SSSR count). The van der Waals surface area contributed by atoms with Crippen LogP contribution in [0.2, 0.25) is 5.02 Å². The lowest BCUT2D eigenvalue weighted by molar-refractivity contribution is 0.290. The molecule has 5 heteroatoms. The van der Waals surface area contributed by atoms with Crippen molar-refractivity contribution >= 4 is 23.1 Å². The van der Waals surface area contributed by atoms with E-state index in [0.717, 1.165) is 16.4 Å². The molecule has 1 aliphatic carbocycles. The third kappa shape index (κ3) is 3.79. The lowest BCUT2D eigenvalue weighted by Gasteiger charge is -2.11. The number of aromatic nitrogens is 1. The fourth-order valence-corrected chi connectivity index (χ4v) is 2.18. The molecule has 0 bridgehead atoms. The SMILES string of the molecule is Nc1ccc(NCc2ccccc2Cl)nc1OCC1CC1. The van der Waals surface area contributed by atoms with Gasteiger partial charge in [-0.15, -0.1) is 0 Å². The molecule has 1 saturated carbocycles. The second-order valence-electron chi connectivity index (χ2n) is 5.29. The summed E-state index contributed by atoms with van der Waals surface area (Å²) >= 11 is 6.13. The van der Waals surface area contributed by atoms with E-state index in [-0.39, 0.29) is 0 Å². The van der Waals surface area contributed by atoms with Crippen LogP contribution in [0.1, 0.15) is 18.4 Å². The molecule has 2 aromatic rings.